The van der Waals surface area contributed by atoms with Gasteiger partial charge in [-0.1, -0.05) is 36.4 Å². The Hall–Kier alpha value is -2.95. The van der Waals surface area contributed by atoms with Gasteiger partial charge in [-0.05, 0) is 36.6 Å². The van der Waals surface area contributed by atoms with E-state index in [1.807, 2.05) is 18.2 Å². The van der Waals surface area contributed by atoms with Gasteiger partial charge in [-0.25, -0.2) is 0 Å². The molecular weight excluding hydrogens is 328 g/mol. The van der Waals surface area contributed by atoms with Crippen LogP contribution in [-0.2, 0) is 22.6 Å². The van der Waals surface area contributed by atoms with Crippen LogP contribution < -0.4 is 4.90 Å². The van der Waals surface area contributed by atoms with Crippen LogP contribution in [0.5, 0.6) is 0 Å². The molecule has 5 heteroatoms. The van der Waals surface area contributed by atoms with Gasteiger partial charge in [0, 0.05) is 31.3 Å². The second kappa shape index (κ2) is 7.52. The largest absolute Gasteiger partial charge is 0.336 e. The molecule has 0 bridgehead atoms. The summed E-state index contributed by atoms with van der Waals surface area (Å²) in [5.41, 5.74) is 3.51. The van der Waals surface area contributed by atoms with Crippen molar-refractivity contribution in [3.63, 3.8) is 0 Å². The van der Waals surface area contributed by atoms with Gasteiger partial charge in [0.15, 0.2) is 5.78 Å². The van der Waals surface area contributed by atoms with E-state index in [0.717, 1.165) is 12.0 Å². The second-order valence-corrected chi connectivity index (χ2v) is 6.55. The topological polar surface area (TPSA) is 57.7 Å². The Bertz CT molecular complexity index is 860. The lowest BCUT2D eigenvalue weighted by Crippen LogP contribution is -2.44. The summed E-state index contributed by atoms with van der Waals surface area (Å²) >= 11 is 0. The summed E-state index contributed by atoms with van der Waals surface area (Å²) in [7, 11) is 0. The number of nitrogens with zero attached hydrogens (tertiary/aromatic N) is 2. The molecule has 26 heavy (non-hydrogen) atoms. The van der Waals surface area contributed by atoms with E-state index >= 15 is 0 Å². The number of amides is 2. The average Bonchev–Trinajstić information content (AvgIpc) is 2.65. The Kier molecular flexibility index (Phi) is 5.16. The Morgan fingerprint density at radius 1 is 1.00 bits per heavy atom. The van der Waals surface area contributed by atoms with Crippen molar-refractivity contribution >= 4 is 23.3 Å². The van der Waals surface area contributed by atoms with Crippen LogP contribution in [0.1, 0.15) is 35.3 Å². The van der Waals surface area contributed by atoms with E-state index in [4.69, 9.17) is 0 Å². The van der Waals surface area contributed by atoms with Gasteiger partial charge in [-0.15, -0.1) is 0 Å². The van der Waals surface area contributed by atoms with Gasteiger partial charge >= 0.3 is 0 Å². The minimum absolute atomic E-state index is 0.0289. The molecule has 3 rings (SSSR count). The maximum Gasteiger partial charge on any atom is 0.242 e. The van der Waals surface area contributed by atoms with E-state index in [0.29, 0.717) is 24.3 Å². The predicted octanol–water partition coefficient (Wildman–Crippen LogP) is 2.83. The van der Waals surface area contributed by atoms with E-state index in [9.17, 15) is 14.4 Å². The Labute approximate surface area is 153 Å². The number of fused-ring (bicyclic) bond motifs is 1. The van der Waals surface area contributed by atoms with E-state index in [1.54, 1.807) is 29.2 Å². The number of hydrogen-bond acceptors (Lipinski definition) is 3. The molecule has 5 nitrogen and oxygen atoms in total. The zero-order valence-corrected chi connectivity index (χ0v) is 15.1. The Morgan fingerprint density at radius 3 is 2.42 bits per heavy atom. The molecular formula is C21H22N2O3. The van der Waals surface area contributed by atoms with Gasteiger partial charge in [-0.3, -0.25) is 14.4 Å². The summed E-state index contributed by atoms with van der Waals surface area (Å²) < 4.78 is 0. The lowest BCUT2D eigenvalue weighted by molar-refractivity contribution is -0.132. The lowest BCUT2D eigenvalue weighted by atomic mass is 10.00. The molecule has 134 valence electrons. The third kappa shape index (κ3) is 3.82. The highest BCUT2D eigenvalue weighted by atomic mass is 16.2. The highest BCUT2D eigenvalue weighted by molar-refractivity contribution is 6.00. The van der Waals surface area contributed by atoms with E-state index in [-0.39, 0.29) is 24.1 Å². The molecule has 1 heterocycles. The van der Waals surface area contributed by atoms with Crippen molar-refractivity contribution < 1.29 is 14.4 Å². The molecule has 2 aromatic rings. The van der Waals surface area contributed by atoms with Crippen LogP contribution in [0, 0.1) is 0 Å². The molecule has 0 aliphatic carbocycles. The second-order valence-electron chi connectivity index (χ2n) is 6.55. The molecule has 0 aromatic heterocycles. The van der Waals surface area contributed by atoms with Crippen LogP contribution in [-0.4, -0.2) is 35.6 Å². The van der Waals surface area contributed by atoms with Crippen molar-refractivity contribution in [2.75, 3.05) is 18.0 Å². The molecule has 2 aromatic carbocycles. The van der Waals surface area contributed by atoms with E-state index in [1.165, 1.54) is 24.3 Å². The minimum atomic E-state index is -0.225. The fourth-order valence-electron chi connectivity index (χ4n) is 3.22. The van der Waals surface area contributed by atoms with Gasteiger partial charge in [0.05, 0.1) is 0 Å². The summed E-state index contributed by atoms with van der Waals surface area (Å²) in [6, 6.07) is 14.9. The first-order valence-electron chi connectivity index (χ1n) is 8.69. The number of carbonyl (C=O) groups excluding carboxylic acids is 3. The van der Waals surface area contributed by atoms with Crippen molar-refractivity contribution in [3.8, 4) is 0 Å². The summed E-state index contributed by atoms with van der Waals surface area (Å²) in [5.74, 6) is -0.395. The molecule has 0 spiro atoms. The predicted molar refractivity (Wildman–Crippen MR) is 100 cm³/mol. The quantitative estimate of drug-likeness (QED) is 0.797. The van der Waals surface area contributed by atoms with Gasteiger partial charge < -0.3 is 9.80 Å². The number of benzene rings is 2. The van der Waals surface area contributed by atoms with Crippen molar-refractivity contribution in [2.24, 2.45) is 0 Å². The van der Waals surface area contributed by atoms with Crippen molar-refractivity contribution in [1.82, 2.24) is 4.90 Å². The van der Waals surface area contributed by atoms with E-state index in [2.05, 4.69) is 6.07 Å². The first-order chi connectivity index (χ1) is 12.5. The first-order valence-corrected chi connectivity index (χ1v) is 8.69. The molecule has 0 fully saturated rings. The van der Waals surface area contributed by atoms with Crippen molar-refractivity contribution in [2.45, 2.75) is 26.8 Å². The third-order valence-corrected chi connectivity index (χ3v) is 4.72. The summed E-state index contributed by atoms with van der Waals surface area (Å²) in [6.07, 6.45) is 0.821. The van der Waals surface area contributed by atoms with Crippen LogP contribution in [0.3, 0.4) is 0 Å². The number of anilines is 1. The zero-order chi connectivity index (χ0) is 18.7. The van der Waals surface area contributed by atoms with Crippen molar-refractivity contribution in [1.29, 1.82) is 0 Å². The normalized spacial score (nSPS) is 13.1. The minimum Gasteiger partial charge on any atom is -0.336 e. The Morgan fingerprint density at radius 2 is 1.73 bits per heavy atom. The van der Waals surface area contributed by atoms with Crippen LogP contribution in [0.2, 0.25) is 0 Å². The summed E-state index contributed by atoms with van der Waals surface area (Å²) in [5, 5.41) is 0. The molecule has 2 amide bonds. The van der Waals surface area contributed by atoms with Crippen LogP contribution in [0.15, 0.2) is 48.5 Å². The first kappa shape index (κ1) is 17.9. The monoisotopic (exact) mass is 350 g/mol. The number of Topliss-reactive ketones (excluding diaryl/α,β-unsaturated/α-hetero) is 1. The SMILES string of the molecule is CC(=O)c1cccc(N(CC(=O)N2CCc3ccccc3C2)C(C)=O)c1. The molecule has 1 aliphatic rings. The maximum absolute atomic E-state index is 12.8. The van der Waals surface area contributed by atoms with Gasteiger partial charge in [0.1, 0.15) is 6.54 Å². The van der Waals surface area contributed by atoms with Crippen LogP contribution >= 0.6 is 0 Å². The fraction of sp³-hybridized carbons (Fsp3) is 0.286. The maximum atomic E-state index is 12.8. The molecule has 0 unspecified atom stereocenters. The Balaban J connectivity index is 1.77. The van der Waals surface area contributed by atoms with Gasteiger partial charge in [0.2, 0.25) is 11.8 Å². The van der Waals surface area contributed by atoms with Crippen molar-refractivity contribution in [3.05, 3.63) is 65.2 Å². The number of rotatable bonds is 4. The van der Waals surface area contributed by atoms with Gasteiger partial charge in [-0.2, -0.15) is 0 Å². The molecule has 0 atom stereocenters. The standard InChI is InChI=1S/C21H22N2O3/c1-15(24)18-8-5-9-20(12-18)23(16(2)25)14-21(26)22-11-10-17-6-3-4-7-19(17)13-22/h3-9,12H,10-11,13-14H2,1-2H3. The highest BCUT2D eigenvalue weighted by Gasteiger charge is 2.24. The summed E-state index contributed by atoms with van der Waals surface area (Å²) in [4.78, 5) is 39.7. The zero-order valence-electron chi connectivity index (χ0n) is 15.1. The molecule has 1 aliphatic heterocycles. The lowest BCUT2D eigenvalue weighted by Gasteiger charge is -2.31. The smallest absolute Gasteiger partial charge is 0.242 e. The molecule has 0 radical (unpaired) electrons. The third-order valence-electron chi connectivity index (χ3n) is 4.72. The molecule has 0 saturated heterocycles. The van der Waals surface area contributed by atoms with Crippen LogP contribution in [0.4, 0.5) is 5.69 Å². The highest BCUT2D eigenvalue weighted by Crippen LogP contribution is 2.21. The van der Waals surface area contributed by atoms with E-state index < -0.39 is 0 Å². The molecule has 0 N–H and O–H groups in total. The number of carbonyl (C=O) groups is 3. The molecule has 0 saturated carbocycles. The van der Waals surface area contributed by atoms with Crippen LogP contribution in [0.25, 0.3) is 0 Å². The average molecular weight is 350 g/mol. The fourth-order valence-corrected chi connectivity index (χ4v) is 3.22. The number of hydrogen-bond donors (Lipinski definition) is 0. The van der Waals surface area contributed by atoms with Gasteiger partial charge in [0.25, 0.3) is 0 Å². The summed E-state index contributed by atoms with van der Waals surface area (Å²) in [6.45, 7) is 4.09. The number of ketones is 1.